The summed E-state index contributed by atoms with van der Waals surface area (Å²) in [6.45, 7) is 2.96. The van der Waals surface area contributed by atoms with Gasteiger partial charge in [-0.3, -0.25) is 0 Å². The SMILES string of the molecule is COc1ccc(C[C@@H](C)NCCOc2ccccc2O)cc1S(N)(=O)=O.Cl. The van der Waals surface area contributed by atoms with Gasteiger partial charge < -0.3 is 19.9 Å². The van der Waals surface area contributed by atoms with Gasteiger partial charge in [0.05, 0.1) is 7.11 Å². The molecule has 27 heavy (non-hydrogen) atoms. The molecule has 2 aromatic rings. The van der Waals surface area contributed by atoms with Crippen molar-refractivity contribution in [1.82, 2.24) is 5.32 Å². The highest BCUT2D eigenvalue weighted by molar-refractivity contribution is 7.89. The number of rotatable bonds is 9. The van der Waals surface area contributed by atoms with Gasteiger partial charge in [-0.2, -0.15) is 0 Å². The van der Waals surface area contributed by atoms with Crippen LogP contribution in [0, 0.1) is 0 Å². The first-order valence-corrected chi connectivity index (χ1v) is 9.70. The summed E-state index contributed by atoms with van der Waals surface area (Å²) in [5, 5.41) is 18.2. The molecule has 0 aliphatic carbocycles. The Morgan fingerprint density at radius 2 is 1.89 bits per heavy atom. The van der Waals surface area contributed by atoms with Crippen LogP contribution in [0.2, 0.25) is 0 Å². The second kappa shape index (κ2) is 10.4. The maximum Gasteiger partial charge on any atom is 0.241 e. The molecule has 2 rings (SSSR count). The minimum Gasteiger partial charge on any atom is -0.504 e. The Kier molecular flexibility index (Phi) is 8.84. The number of sulfonamides is 1. The second-order valence-electron chi connectivity index (χ2n) is 5.91. The zero-order chi connectivity index (χ0) is 19.2. The fourth-order valence-electron chi connectivity index (χ4n) is 2.54. The molecule has 0 radical (unpaired) electrons. The molecule has 0 saturated carbocycles. The van der Waals surface area contributed by atoms with Crippen LogP contribution in [0.15, 0.2) is 47.4 Å². The van der Waals surface area contributed by atoms with E-state index >= 15 is 0 Å². The summed E-state index contributed by atoms with van der Waals surface area (Å²) in [5.41, 5.74) is 0.830. The number of phenolic OH excluding ortho intramolecular Hbond substituents is 1. The number of halogens is 1. The number of para-hydroxylation sites is 2. The van der Waals surface area contributed by atoms with Crippen molar-refractivity contribution in [3.05, 3.63) is 48.0 Å². The van der Waals surface area contributed by atoms with Crippen LogP contribution in [0.5, 0.6) is 17.2 Å². The van der Waals surface area contributed by atoms with Crippen molar-refractivity contribution < 1.29 is 23.0 Å². The van der Waals surface area contributed by atoms with E-state index in [1.54, 1.807) is 30.3 Å². The van der Waals surface area contributed by atoms with Crippen LogP contribution in [-0.2, 0) is 16.4 Å². The van der Waals surface area contributed by atoms with E-state index in [9.17, 15) is 13.5 Å². The lowest BCUT2D eigenvalue weighted by atomic mass is 10.1. The van der Waals surface area contributed by atoms with E-state index in [-0.39, 0.29) is 34.8 Å². The van der Waals surface area contributed by atoms with Gasteiger partial charge in [0, 0.05) is 12.6 Å². The first kappa shape index (κ1) is 23.0. The van der Waals surface area contributed by atoms with Crippen LogP contribution < -0.4 is 19.9 Å². The Hall–Kier alpha value is -2.00. The first-order valence-electron chi connectivity index (χ1n) is 8.15. The highest BCUT2D eigenvalue weighted by atomic mass is 35.5. The number of nitrogens with one attached hydrogen (secondary N) is 1. The van der Waals surface area contributed by atoms with E-state index in [4.69, 9.17) is 14.6 Å². The predicted octanol–water partition coefficient (Wildman–Crippen LogP) is 2.07. The molecule has 0 fully saturated rings. The zero-order valence-corrected chi connectivity index (χ0v) is 16.8. The Morgan fingerprint density at radius 3 is 2.52 bits per heavy atom. The zero-order valence-electron chi connectivity index (χ0n) is 15.2. The lowest BCUT2D eigenvalue weighted by Gasteiger charge is -2.16. The second-order valence-corrected chi connectivity index (χ2v) is 7.44. The minimum atomic E-state index is -3.85. The fourth-order valence-corrected chi connectivity index (χ4v) is 3.29. The summed E-state index contributed by atoms with van der Waals surface area (Å²) < 4.78 is 33.9. The van der Waals surface area contributed by atoms with Crippen LogP contribution in [0.4, 0.5) is 0 Å². The number of hydrogen-bond acceptors (Lipinski definition) is 6. The number of nitrogens with two attached hydrogens (primary N) is 1. The molecular formula is C18H25ClN2O5S. The molecule has 4 N–H and O–H groups in total. The molecule has 9 heteroatoms. The number of ether oxygens (including phenoxy) is 2. The third-order valence-electron chi connectivity index (χ3n) is 3.79. The topological polar surface area (TPSA) is 111 Å². The molecule has 0 heterocycles. The summed E-state index contributed by atoms with van der Waals surface area (Å²) in [6.07, 6.45) is 0.614. The van der Waals surface area contributed by atoms with Crippen molar-refractivity contribution in [2.24, 2.45) is 5.14 Å². The van der Waals surface area contributed by atoms with Crippen molar-refractivity contribution in [2.75, 3.05) is 20.3 Å². The van der Waals surface area contributed by atoms with E-state index in [0.29, 0.717) is 25.3 Å². The molecule has 0 spiro atoms. The molecule has 1 atom stereocenters. The molecule has 0 aliphatic rings. The average molecular weight is 417 g/mol. The van der Waals surface area contributed by atoms with E-state index in [2.05, 4.69) is 5.32 Å². The van der Waals surface area contributed by atoms with Gasteiger partial charge in [0.15, 0.2) is 11.5 Å². The summed E-state index contributed by atoms with van der Waals surface area (Å²) in [4.78, 5) is -0.0208. The van der Waals surface area contributed by atoms with Gasteiger partial charge in [-0.1, -0.05) is 18.2 Å². The lowest BCUT2D eigenvalue weighted by Crippen LogP contribution is -2.31. The number of aromatic hydroxyl groups is 1. The van der Waals surface area contributed by atoms with E-state index in [0.717, 1.165) is 5.56 Å². The molecule has 150 valence electrons. The van der Waals surface area contributed by atoms with Crippen LogP contribution in [0.3, 0.4) is 0 Å². The van der Waals surface area contributed by atoms with Gasteiger partial charge in [-0.25, -0.2) is 13.6 Å². The Labute approximate surface area is 166 Å². The van der Waals surface area contributed by atoms with Crippen molar-refractivity contribution in [2.45, 2.75) is 24.3 Å². The summed E-state index contributed by atoms with van der Waals surface area (Å²) in [6, 6.07) is 11.8. The molecule has 0 saturated heterocycles. The largest absolute Gasteiger partial charge is 0.504 e. The highest BCUT2D eigenvalue weighted by Crippen LogP contribution is 2.25. The Bertz CT molecular complexity index is 845. The number of hydrogen-bond donors (Lipinski definition) is 3. The monoisotopic (exact) mass is 416 g/mol. The van der Waals surface area contributed by atoms with Crippen LogP contribution in [-0.4, -0.2) is 39.8 Å². The van der Waals surface area contributed by atoms with Gasteiger partial charge in [0.1, 0.15) is 17.3 Å². The molecule has 0 amide bonds. The van der Waals surface area contributed by atoms with Crippen LogP contribution in [0.25, 0.3) is 0 Å². The predicted molar refractivity (Wildman–Crippen MR) is 106 cm³/mol. The third-order valence-corrected chi connectivity index (χ3v) is 4.73. The van der Waals surface area contributed by atoms with Crippen LogP contribution >= 0.6 is 12.4 Å². The molecule has 0 aliphatic heterocycles. The minimum absolute atomic E-state index is 0. The van der Waals surface area contributed by atoms with Gasteiger partial charge in [0.2, 0.25) is 10.0 Å². The summed E-state index contributed by atoms with van der Waals surface area (Å²) >= 11 is 0. The maximum absolute atomic E-state index is 11.7. The molecule has 2 aromatic carbocycles. The average Bonchev–Trinajstić information content (AvgIpc) is 2.59. The van der Waals surface area contributed by atoms with Crippen molar-refractivity contribution in [1.29, 1.82) is 0 Å². The van der Waals surface area contributed by atoms with Gasteiger partial charge in [0.25, 0.3) is 0 Å². The maximum atomic E-state index is 11.7. The van der Waals surface area contributed by atoms with Gasteiger partial charge in [-0.15, -0.1) is 12.4 Å². The third kappa shape index (κ3) is 6.91. The summed E-state index contributed by atoms with van der Waals surface area (Å²) in [5.74, 6) is 0.775. The molecule has 0 aromatic heterocycles. The van der Waals surface area contributed by atoms with E-state index < -0.39 is 10.0 Å². The first-order chi connectivity index (χ1) is 12.3. The number of phenols is 1. The fraction of sp³-hybridized carbons (Fsp3) is 0.333. The number of benzene rings is 2. The molecule has 0 bridgehead atoms. The van der Waals surface area contributed by atoms with Gasteiger partial charge in [-0.05, 0) is 43.2 Å². The summed E-state index contributed by atoms with van der Waals surface area (Å²) in [7, 11) is -2.45. The molecule has 7 nitrogen and oxygen atoms in total. The highest BCUT2D eigenvalue weighted by Gasteiger charge is 2.16. The molecular weight excluding hydrogens is 392 g/mol. The van der Waals surface area contributed by atoms with Crippen molar-refractivity contribution >= 4 is 22.4 Å². The van der Waals surface area contributed by atoms with Gasteiger partial charge >= 0.3 is 0 Å². The van der Waals surface area contributed by atoms with Crippen LogP contribution in [0.1, 0.15) is 12.5 Å². The van der Waals surface area contributed by atoms with E-state index in [1.165, 1.54) is 13.2 Å². The Balaban J connectivity index is 0.00000364. The lowest BCUT2D eigenvalue weighted by molar-refractivity contribution is 0.291. The van der Waals surface area contributed by atoms with E-state index in [1.807, 2.05) is 13.0 Å². The smallest absolute Gasteiger partial charge is 0.241 e. The van der Waals surface area contributed by atoms with Crippen molar-refractivity contribution in [3.63, 3.8) is 0 Å². The number of methoxy groups -OCH3 is 1. The Morgan fingerprint density at radius 1 is 1.19 bits per heavy atom. The molecule has 0 unspecified atom stereocenters. The normalized spacial score (nSPS) is 12.1. The standard InChI is InChI=1S/C18H24N2O5S.ClH/c1-13(20-9-10-25-16-6-4-3-5-15(16)21)11-14-7-8-17(24-2)18(12-14)26(19,22)23;/h3-8,12-13,20-21H,9-11H2,1-2H3,(H2,19,22,23);1H/t13-;/m1./s1. The number of primary sulfonamides is 1. The quantitative estimate of drug-likeness (QED) is 0.539. The van der Waals surface area contributed by atoms with Crippen molar-refractivity contribution in [3.8, 4) is 17.2 Å².